The van der Waals surface area contributed by atoms with E-state index in [0.29, 0.717) is 11.3 Å². The van der Waals surface area contributed by atoms with Gasteiger partial charge in [-0.3, -0.25) is 10.1 Å². The van der Waals surface area contributed by atoms with Crippen LogP contribution in [0.3, 0.4) is 0 Å². The fraction of sp³-hybridized carbons (Fsp3) is 0.300. The summed E-state index contributed by atoms with van der Waals surface area (Å²) >= 11 is 1.39. The van der Waals surface area contributed by atoms with Gasteiger partial charge in [0.05, 0.1) is 5.37 Å². The SMILES string of the molecule is O=C(O)[C@@H]1CS[C@@H](c2cccc(O)c2O)N1. The van der Waals surface area contributed by atoms with Crippen molar-refractivity contribution in [2.75, 3.05) is 5.75 Å². The van der Waals surface area contributed by atoms with E-state index in [4.69, 9.17) is 5.11 Å². The van der Waals surface area contributed by atoms with Gasteiger partial charge >= 0.3 is 5.97 Å². The van der Waals surface area contributed by atoms with Crippen molar-refractivity contribution in [2.24, 2.45) is 0 Å². The third kappa shape index (κ3) is 1.94. The molecule has 0 spiro atoms. The Bertz CT molecular complexity index is 423. The second-order valence-corrected chi connectivity index (χ2v) is 4.62. The summed E-state index contributed by atoms with van der Waals surface area (Å²) < 4.78 is 0. The maximum atomic E-state index is 10.7. The first-order chi connectivity index (χ1) is 7.59. The molecule has 0 aliphatic carbocycles. The van der Waals surface area contributed by atoms with Gasteiger partial charge in [-0.1, -0.05) is 12.1 Å². The number of nitrogens with one attached hydrogen (secondary N) is 1. The Labute approximate surface area is 96.1 Å². The predicted molar refractivity (Wildman–Crippen MR) is 59.5 cm³/mol. The van der Waals surface area contributed by atoms with Gasteiger partial charge < -0.3 is 15.3 Å². The topological polar surface area (TPSA) is 89.8 Å². The number of phenolic OH excluding ortho intramolecular Hbond substituents is 2. The highest BCUT2D eigenvalue weighted by atomic mass is 32.2. The summed E-state index contributed by atoms with van der Waals surface area (Å²) in [6.45, 7) is 0. The fourth-order valence-corrected chi connectivity index (χ4v) is 2.81. The number of carbonyl (C=O) groups is 1. The van der Waals surface area contributed by atoms with Crippen molar-refractivity contribution < 1.29 is 20.1 Å². The molecule has 2 atom stereocenters. The Morgan fingerprint density at radius 1 is 1.44 bits per heavy atom. The number of hydrogen-bond acceptors (Lipinski definition) is 5. The molecule has 1 saturated heterocycles. The van der Waals surface area contributed by atoms with Crippen molar-refractivity contribution in [3.8, 4) is 11.5 Å². The number of thioether (sulfide) groups is 1. The molecule has 1 aromatic rings. The van der Waals surface area contributed by atoms with Crippen molar-refractivity contribution in [3.05, 3.63) is 23.8 Å². The van der Waals surface area contributed by atoms with E-state index in [-0.39, 0.29) is 16.9 Å². The number of aliphatic carboxylic acids is 1. The molecule has 0 unspecified atom stereocenters. The largest absolute Gasteiger partial charge is 0.504 e. The molecule has 0 saturated carbocycles. The maximum Gasteiger partial charge on any atom is 0.321 e. The summed E-state index contributed by atoms with van der Waals surface area (Å²) in [5, 5.41) is 30.3. The molecule has 1 heterocycles. The van der Waals surface area contributed by atoms with Gasteiger partial charge in [-0.25, -0.2) is 0 Å². The van der Waals surface area contributed by atoms with E-state index in [1.807, 2.05) is 0 Å². The van der Waals surface area contributed by atoms with Gasteiger partial charge in [0.25, 0.3) is 0 Å². The molecule has 6 heteroatoms. The van der Waals surface area contributed by atoms with Gasteiger partial charge in [-0.15, -0.1) is 11.8 Å². The van der Waals surface area contributed by atoms with Crippen LogP contribution >= 0.6 is 11.8 Å². The Kier molecular flexibility index (Phi) is 2.93. The van der Waals surface area contributed by atoms with E-state index in [1.54, 1.807) is 12.1 Å². The zero-order valence-electron chi connectivity index (χ0n) is 8.25. The van der Waals surface area contributed by atoms with Crippen LogP contribution < -0.4 is 5.32 Å². The number of hydrogen-bond donors (Lipinski definition) is 4. The van der Waals surface area contributed by atoms with Crippen LogP contribution in [0.4, 0.5) is 0 Å². The third-order valence-electron chi connectivity index (χ3n) is 2.41. The normalized spacial score (nSPS) is 24.5. The van der Waals surface area contributed by atoms with E-state index in [2.05, 4.69) is 5.32 Å². The second kappa shape index (κ2) is 4.23. The van der Waals surface area contributed by atoms with E-state index < -0.39 is 12.0 Å². The number of aromatic hydroxyl groups is 2. The lowest BCUT2D eigenvalue weighted by atomic mass is 10.1. The molecule has 4 N–H and O–H groups in total. The first-order valence-electron chi connectivity index (χ1n) is 4.71. The predicted octanol–water partition coefficient (Wildman–Crippen LogP) is 0.886. The monoisotopic (exact) mass is 241 g/mol. The zero-order chi connectivity index (χ0) is 11.7. The summed E-state index contributed by atoms with van der Waals surface area (Å²) in [4.78, 5) is 10.7. The minimum absolute atomic E-state index is 0.196. The zero-order valence-corrected chi connectivity index (χ0v) is 9.07. The summed E-state index contributed by atoms with van der Waals surface area (Å²) in [5.74, 6) is -0.860. The lowest BCUT2D eigenvalue weighted by Crippen LogP contribution is -2.33. The average Bonchev–Trinajstić information content (AvgIpc) is 2.71. The van der Waals surface area contributed by atoms with E-state index in [9.17, 15) is 15.0 Å². The van der Waals surface area contributed by atoms with Crippen LogP contribution in [0.2, 0.25) is 0 Å². The van der Waals surface area contributed by atoms with Crippen LogP contribution in [0, 0.1) is 0 Å². The molecule has 0 aromatic heterocycles. The molecule has 16 heavy (non-hydrogen) atoms. The van der Waals surface area contributed by atoms with Crippen LogP contribution in [0.25, 0.3) is 0 Å². The van der Waals surface area contributed by atoms with Gasteiger partial charge in [0, 0.05) is 11.3 Å². The lowest BCUT2D eigenvalue weighted by molar-refractivity contribution is -0.138. The quantitative estimate of drug-likeness (QED) is 0.575. The van der Waals surface area contributed by atoms with Gasteiger partial charge in [-0.2, -0.15) is 0 Å². The van der Waals surface area contributed by atoms with Crippen LogP contribution in [-0.4, -0.2) is 33.1 Å². The van der Waals surface area contributed by atoms with Gasteiger partial charge in [0.2, 0.25) is 0 Å². The first-order valence-corrected chi connectivity index (χ1v) is 5.76. The molecular weight excluding hydrogens is 230 g/mol. The van der Waals surface area contributed by atoms with Crippen molar-refractivity contribution in [2.45, 2.75) is 11.4 Å². The standard InChI is InChI=1S/C10H11NO4S/c12-7-3-1-2-5(8(7)13)9-11-6(4-16-9)10(14)15/h1-3,6,9,11-13H,4H2,(H,14,15)/t6-,9-/m0/s1. The van der Waals surface area contributed by atoms with Crippen LogP contribution in [0.5, 0.6) is 11.5 Å². The van der Waals surface area contributed by atoms with Crippen molar-refractivity contribution in [1.29, 1.82) is 0 Å². The summed E-state index contributed by atoms with van der Waals surface area (Å²) in [6.07, 6.45) is 0. The van der Waals surface area contributed by atoms with Gasteiger partial charge in [-0.05, 0) is 6.07 Å². The highest BCUT2D eigenvalue weighted by Gasteiger charge is 2.31. The smallest absolute Gasteiger partial charge is 0.321 e. The van der Waals surface area contributed by atoms with E-state index in [1.165, 1.54) is 17.8 Å². The molecule has 0 bridgehead atoms. The molecule has 1 aliphatic rings. The first kappa shape index (κ1) is 11.1. The lowest BCUT2D eigenvalue weighted by Gasteiger charge is -2.13. The number of phenols is 2. The molecule has 86 valence electrons. The minimum atomic E-state index is -0.908. The second-order valence-electron chi connectivity index (χ2n) is 3.49. The number of carboxylic acids is 1. The minimum Gasteiger partial charge on any atom is -0.504 e. The number of benzene rings is 1. The Morgan fingerprint density at radius 3 is 2.81 bits per heavy atom. The maximum absolute atomic E-state index is 10.7. The van der Waals surface area contributed by atoms with E-state index in [0.717, 1.165) is 0 Å². The highest BCUT2D eigenvalue weighted by molar-refractivity contribution is 7.99. The van der Waals surface area contributed by atoms with Crippen LogP contribution in [0.15, 0.2) is 18.2 Å². The van der Waals surface area contributed by atoms with Gasteiger partial charge in [0.15, 0.2) is 11.5 Å². The number of rotatable bonds is 2. The molecular formula is C10H11NO4S. The molecule has 5 nitrogen and oxygen atoms in total. The summed E-state index contributed by atoms with van der Waals surface area (Å²) in [5.41, 5.74) is 0.508. The van der Waals surface area contributed by atoms with Gasteiger partial charge in [0.1, 0.15) is 6.04 Å². The summed E-state index contributed by atoms with van der Waals surface area (Å²) in [7, 11) is 0. The van der Waals surface area contributed by atoms with Crippen LogP contribution in [0.1, 0.15) is 10.9 Å². The fourth-order valence-electron chi connectivity index (χ4n) is 1.55. The molecule has 1 fully saturated rings. The van der Waals surface area contributed by atoms with Crippen molar-refractivity contribution in [3.63, 3.8) is 0 Å². The molecule has 0 radical (unpaired) electrons. The Hall–Kier alpha value is -1.40. The number of para-hydroxylation sites is 1. The molecule has 0 amide bonds. The Balaban J connectivity index is 2.21. The third-order valence-corrected chi connectivity index (χ3v) is 3.66. The average molecular weight is 241 g/mol. The molecule has 1 aromatic carbocycles. The van der Waals surface area contributed by atoms with Crippen LogP contribution in [-0.2, 0) is 4.79 Å². The van der Waals surface area contributed by atoms with E-state index >= 15 is 0 Å². The molecule has 1 aliphatic heterocycles. The van der Waals surface area contributed by atoms with Crippen molar-refractivity contribution >= 4 is 17.7 Å². The summed E-state index contributed by atoms with van der Waals surface area (Å²) in [6, 6.07) is 4.04. The Morgan fingerprint density at radius 2 is 2.19 bits per heavy atom. The highest BCUT2D eigenvalue weighted by Crippen LogP contribution is 2.40. The molecule has 2 rings (SSSR count). The van der Waals surface area contributed by atoms with Crippen molar-refractivity contribution in [1.82, 2.24) is 5.32 Å². The number of carboxylic acid groups (broad SMARTS) is 1.